The molecule has 1 aromatic heterocycles. The molecular formula is C15H16N2O2S. The lowest BCUT2D eigenvalue weighted by Crippen LogP contribution is -2.41. The van der Waals surface area contributed by atoms with Gasteiger partial charge in [0.1, 0.15) is 0 Å². The number of rotatable bonds is 2. The van der Waals surface area contributed by atoms with Crippen molar-refractivity contribution in [2.75, 3.05) is 13.1 Å². The number of piperidine rings is 1. The number of hydrogen-bond acceptors (Lipinski definition) is 3. The fraction of sp³-hybridized carbons (Fsp3) is 0.333. The minimum Gasteiger partial charge on any atom is -0.369 e. The third kappa shape index (κ3) is 2.41. The van der Waals surface area contributed by atoms with Gasteiger partial charge in [0.15, 0.2) is 0 Å². The monoisotopic (exact) mass is 288 g/mol. The number of carbonyl (C=O) groups excluding carboxylic acids is 2. The molecule has 20 heavy (non-hydrogen) atoms. The fourth-order valence-corrected chi connectivity index (χ4v) is 3.64. The van der Waals surface area contributed by atoms with Crippen molar-refractivity contribution in [2.45, 2.75) is 12.8 Å². The third-order valence-electron chi connectivity index (χ3n) is 3.82. The van der Waals surface area contributed by atoms with Crippen LogP contribution >= 0.6 is 11.3 Å². The molecule has 1 saturated heterocycles. The van der Waals surface area contributed by atoms with Gasteiger partial charge in [-0.15, -0.1) is 11.3 Å². The van der Waals surface area contributed by atoms with Gasteiger partial charge in [0.05, 0.1) is 4.88 Å². The average molecular weight is 288 g/mol. The first-order valence-corrected chi connectivity index (χ1v) is 7.54. The number of thiophene rings is 1. The van der Waals surface area contributed by atoms with Crippen LogP contribution in [0.1, 0.15) is 22.5 Å². The van der Waals surface area contributed by atoms with E-state index in [0.717, 1.165) is 15.0 Å². The summed E-state index contributed by atoms with van der Waals surface area (Å²) in [6.45, 7) is 1.22. The van der Waals surface area contributed by atoms with Gasteiger partial charge in [-0.25, -0.2) is 0 Å². The zero-order valence-corrected chi connectivity index (χ0v) is 11.9. The van der Waals surface area contributed by atoms with Gasteiger partial charge in [-0.1, -0.05) is 18.2 Å². The van der Waals surface area contributed by atoms with Gasteiger partial charge >= 0.3 is 0 Å². The molecule has 1 aliphatic rings. The number of nitrogens with zero attached hydrogens (tertiary/aromatic N) is 1. The molecule has 4 nitrogen and oxygen atoms in total. The van der Waals surface area contributed by atoms with Crippen molar-refractivity contribution in [3.8, 4) is 0 Å². The van der Waals surface area contributed by atoms with Gasteiger partial charge in [0.2, 0.25) is 5.91 Å². The highest BCUT2D eigenvalue weighted by atomic mass is 32.1. The van der Waals surface area contributed by atoms with E-state index >= 15 is 0 Å². The van der Waals surface area contributed by atoms with Crippen molar-refractivity contribution in [3.63, 3.8) is 0 Å². The molecule has 0 atom stereocenters. The average Bonchev–Trinajstić information content (AvgIpc) is 2.90. The zero-order chi connectivity index (χ0) is 14.1. The Morgan fingerprint density at radius 1 is 1.20 bits per heavy atom. The van der Waals surface area contributed by atoms with Crippen molar-refractivity contribution < 1.29 is 9.59 Å². The van der Waals surface area contributed by atoms with Gasteiger partial charge < -0.3 is 10.6 Å². The minimum absolute atomic E-state index is 0.0640. The van der Waals surface area contributed by atoms with Gasteiger partial charge in [-0.3, -0.25) is 9.59 Å². The molecule has 1 fully saturated rings. The number of likely N-dealkylation sites (tertiary alicyclic amines) is 1. The van der Waals surface area contributed by atoms with Crippen molar-refractivity contribution in [1.29, 1.82) is 0 Å². The van der Waals surface area contributed by atoms with Crippen LogP contribution < -0.4 is 5.73 Å². The molecule has 0 unspecified atom stereocenters. The predicted molar refractivity (Wildman–Crippen MR) is 79.6 cm³/mol. The minimum atomic E-state index is -0.251. The maximum absolute atomic E-state index is 12.5. The smallest absolute Gasteiger partial charge is 0.263 e. The summed E-state index contributed by atoms with van der Waals surface area (Å²) in [5.41, 5.74) is 5.31. The summed E-state index contributed by atoms with van der Waals surface area (Å²) in [5.74, 6) is -0.269. The lowest BCUT2D eigenvalue weighted by atomic mass is 9.96. The number of benzene rings is 1. The van der Waals surface area contributed by atoms with Crippen LogP contribution in [-0.4, -0.2) is 29.8 Å². The Morgan fingerprint density at radius 2 is 1.90 bits per heavy atom. The molecule has 104 valence electrons. The first kappa shape index (κ1) is 13.1. The number of amides is 2. The third-order valence-corrected chi connectivity index (χ3v) is 4.92. The van der Waals surface area contributed by atoms with E-state index in [1.54, 1.807) is 0 Å². The van der Waals surface area contributed by atoms with E-state index in [9.17, 15) is 9.59 Å². The Labute approximate surface area is 121 Å². The summed E-state index contributed by atoms with van der Waals surface area (Å²) in [6.07, 6.45) is 1.35. The molecular weight excluding hydrogens is 272 g/mol. The van der Waals surface area contributed by atoms with Crippen LogP contribution in [0.15, 0.2) is 30.3 Å². The Bertz CT molecular complexity index is 624. The number of nitrogens with two attached hydrogens (primary N) is 1. The van der Waals surface area contributed by atoms with Crippen LogP contribution in [-0.2, 0) is 4.79 Å². The van der Waals surface area contributed by atoms with Crippen LogP contribution in [0.3, 0.4) is 0 Å². The topological polar surface area (TPSA) is 63.4 Å². The lowest BCUT2D eigenvalue weighted by molar-refractivity contribution is -0.123. The normalized spacial score (nSPS) is 16.5. The summed E-state index contributed by atoms with van der Waals surface area (Å²) >= 11 is 1.52. The summed E-state index contributed by atoms with van der Waals surface area (Å²) in [6, 6.07) is 9.94. The molecule has 3 rings (SSSR count). The molecule has 1 aliphatic heterocycles. The maximum Gasteiger partial charge on any atom is 0.263 e. The first-order chi connectivity index (χ1) is 9.65. The standard InChI is InChI=1S/C15H16N2O2S/c16-14(18)10-5-7-17(8-6-10)15(19)13-9-11-3-1-2-4-12(11)20-13/h1-4,9-10H,5-8H2,(H2,16,18). The molecule has 5 heteroatoms. The fourth-order valence-electron chi connectivity index (χ4n) is 2.61. The van der Waals surface area contributed by atoms with E-state index in [0.29, 0.717) is 25.9 Å². The van der Waals surface area contributed by atoms with Crippen LogP contribution in [0.25, 0.3) is 10.1 Å². The molecule has 2 heterocycles. The molecule has 2 amide bonds. The second kappa shape index (κ2) is 5.25. The van der Waals surface area contributed by atoms with Crippen molar-refractivity contribution >= 4 is 33.2 Å². The molecule has 1 aromatic carbocycles. The van der Waals surface area contributed by atoms with E-state index < -0.39 is 0 Å². The van der Waals surface area contributed by atoms with Crippen LogP contribution in [0.5, 0.6) is 0 Å². The molecule has 0 bridgehead atoms. The first-order valence-electron chi connectivity index (χ1n) is 6.72. The largest absolute Gasteiger partial charge is 0.369 e. The van der Waals surface area contributed by atoms with Crippen LogP contribution in [0.4, 0.5) is 0 Å². The second-order valence-electron chi connectivity index (χ2n) is 5.12. The molecule has 0 aliphatic carbocycles. The molecule has 2 aromatic rings. The summed E-state index contributed by atoms with van der Waals surface area (Å²) in [5, 5.41) is 1.10. The highest BCUT2D eigenvalue weighted by Crippen LogP contribution is 2.27. The van der Waals surface area contributed by atoms with E-state index in [1.165, 1.54) is 11.3 Å². The Balaban J connectivity index is 1.75. The highest BCUT2D eigenvalue weighted by molar-refractivity contribution is 7.20. The molecule has 0 saturated carbocycles. The van der Waals surface area contributed by atoms with Crippen molar-refractivity contribution in [1.82, 2.24) is 4.90 Å². The number of hydrogen-bond donors (Lipinski definition) is 1. The Hall–Kier alpha value is -1.88. The van der Waals surface area contributed by atoms with Crippen molar-refractivity contribution in [3.05, 3.63) is 35.2 Å². The quantitative estimate of drug-likeness (QED) is 0.921. The summed E-state index contributed by atoms with van der Waals surface area (Å²) in [4.78, 5) is 26.2. The number of fused-ring (bicyclic) bond motifs is 1. The Kier molecular flexibility index (Phi) is 3.44. The van der Waals surface area contributed by atoms with Gasteiger partial charge in [-0.05, 0) is 30.4 Å². The second-order valence-corrected chi connectivity index (χ2v) is 6.20. The van der Waals surface area contributed by atoms with Crippen LogP contribution in [0, 0.1) is 5.92 Å². The van der Waals surface area contributed by atoms with Gasteiger partial charge in [0, 0.05) is 23.7 Å². The van der Waals surface area contributed by atoms with E-state index in [2.05, 4.69) is 0 Å². The number of carbonyl (C=O) groups is 2. The maximum atomic E-state index is 12.5. The predicted octanol–water partition coefficient (Wildman–Crippen LogP) is 2.24. The van der Waals surface area contributed by atoms with Gasteiger partial charge in [0.25, 0.3) is 5.91 Å². The SMILES string of the molecule is NC(=O)C1CCN(C(=O)c2cc3ccccc3s2)CC1. The van der Waals surface area contributed by atoms with E-state index in [4.69, 9.17) is 5.73 Å². The van der Waals surface area contributed by atoms with Crippen molar-refractivity contribution in [2.24, 2.45) is 11.7 Å². The van der Waals surface area contributed by atoms with Crippen LogP contribution in [0.2, 0.25) is 0 Å². The zero-order valence-electron chi connectivity index (χ0n) is 11.0. The summed E-state index contributed by atoms with van der Waals surface area (Å²) in [7, 11) is 0. The highest BCUT2D eigenvalue weighted by Gasteiger charge is 2.27. The molecule has 0 radical (unpaired) electrons. The van der Waals surface area contributed by atoms with Gasteiger partial charge in [-0.2, -0.15) is 0 Å². The van der Waals surface area contributed by atoms with E-state index in [-0.39, 0.29) is 17.7 Å². The Morgan fingerprint density at radius 3 is 2.55 bits per heavy atom. The molecule has 0 spiro atoms. The number of primary amides is 1. The lowest BCUT2D eigenvalue weighted by Gasteiger charge is -2.30. The van der Waals surface area contributed by atoms with E-state index in [1.807, 2.05) is 35.2 Å². The molecule has 2 N–H and O–H groups in total. The summed E-state index contributed by atoms with van der Waals surface area (Å²) < 4.78 is 1.13.